The SMILES string of the molecule is COc1ccc(CCN2C(=O)c3[nH]nc(-c4ccccc4O)c3C2c2ccc(C(C)C)cc2)cc1OC. The number of benzene rings is 3. The van der Waals surface area contributed by atoms with Crippen molar-refractivity contribution >= 4 is 5.91 Å². The molecule has 190 valence electrons. The second-order valence-corrected chi connectivity index (χ2v) is 9.54. The first kappa shape index (κ1) is 24.4. The van der Waals surface area contributed by atoms with E-state index in [0.717, 1.165) is 16.7 Å². The molecule has 3 aromatic carbocycles. The Hall–Kier alpha value is -4.26. The topological polar surface area (TPSA) is 87.7 Å². The van der Waals surface area contributed by atoms with Crippen molar-refractivity contribution < 1.29 is 19.4 Å². The number of carbonyl (C=O) groups excluding carboxylic acids is 1. The number of amides is 1. The number of phenols is 1. The van der Waals surface area contributed by atoms with Crippen molar-refractivity contribution in [2.24, 2.45) is 0 Å². The first-order valence-electron chi connectivity index (χ1n) is 12.4. The minimum absolute atomic E-state index is 0.109. The molecular formula is C30H31N3O4. The number of nitrogens with zero attached hydrogens (tertiary/aromatic N) is 2. The van der Waals surface area contributed by atoms with Crippen LogP contribution in [-0.4, -0.2) is 46.9 Å². The fraction of sp³-hybridized carbons (Fsp3) is 0.267. The molecule has 7 nitrogen and oxygen atoms in total. The van der Waals surface area contributed by atoms with E-state index in [1.54, 1.807) is 26.4 Å². The molecule has 4 aromatic rings. The summed E-state index contributed by atoms with van der Waals surface area (Å²) in [6, 6.07) is 21.0. The number of ether oxygens (including phenoxy) is 2. The highest BCUT2D eigenvalue weighted by Gasteiger charge is 2.42. The zero-order chi connectivity index (χ0) is 26.1. The minimum atomic E-state index is -0.336. The quantitative estimate of drug-likeness (QED) is 0.326. The molecule has 1 aliphatic heterocycles. The second kappa shape index (κ2) is 10.0. The van der Waals surface area contributed by atoms with E-state index in [1.165, 1.54) is 5.56 Å². The fourth-order valence-corrected chi connectivity index (χ4v) is 5.00. The van der Waals surface area contributed by atoms with Crippen LogP contribution in [0.5, 0.6) is 17.2 Å². The van der Waals surface area contributed by atoms with Gasteiger partial charge in [0.15, 0.2) is 11.5 Å². The zero-order valence-corrected chi connectivity index (χ0v) is 21.5. The largest absolute Gasteiger partial charge is 0.507 e. The molecule has 0 aliphatic carbocycles. The predicted octanol–water partition coefficient (Wildman–Crippen LogP) is 5.71. The van der Waals surface area contributed by atoms with Crippen LogP contribution < -0.4 is 9.47 Å². The van der Waals surface area contributed by atoms with E-state index in [1.807, 2.05) is 35.2 Å². The lowest BCUT2D eigenvalue weighted by molar-refractivity contribution is 0.0746. The number of carbonyl (C=O) groups is 1. The Morgan fingerprint density at radius 1 is 1.00 bits per heavy atom. The summed E-state index contributed by atoms with van der Waals surface area (Å²) in [7, 11) is 3.22. The van der Waals surface area contributed by atoms with E-state index in [9.17, 15) is 9.90 Å². The molecule has 0 saturated carbocycles. The number of rotatable bonds is 8. The normalized spacial score (nSPS) is 14.8. The monoisotopic (exact) mass is 497 g/mol. The molecule has 0 radical (unpaired) electrons. The molecule has 37 heavy (non-hydrogen) atoms. The van der Waals surface area contributed by atoms with Gasteiger partial charge in [-0.2, -0.15) is 5.10 Å². The third kappa shape index (κ3) is 4.42. The summed E-state index contributed by atoms with van der Waals surface area (Å²) >= 11 is 0. The highest BCUT2D eigenvalue weighted by Crippen LogP contribution is 2.44. The minimum Gasteiger partial charge on any atom is -0.507 e. The Balaban J connectivity index is 1.54. The highest BCUT2D eigenvalue weighted by atomic mass is 16.5. The van der Waals surface area contributed by atoms with Gasteiger partial charge >= 0.3 is 0 Å². The molecule has 2 heterocycles. The van der Waals surface area contributed by atoms with Crippen molar-refractivity contribution in [2.45, 2.75) is 32.2 Å². The molecule has 0 fully saturated rings. The fourth-order valence-electron chi connectivity index (χ4n) is 5.00. The van der Waals surface area contributed by atoms with Crippen LogP contribution in [-0.2, 0) is 6.42 Å². The maximum absolute atomic E-state index is 13.7. The van der Waals surface area contributed by atoms with E-state index in [2.05, 4.69) is 48.3 Å². The molecule has 7 heteroatoms. The van der Waals surface area contributed by atoms with E-state index >= 15 is 0 Å². The molecule has 1 amide bonds. The van der Waals surface area contributed by atoms with E-state index in [-0.39, 0.29) is 17.7 Å². The van der Waals surface area contributed by atoms with Crippen LogP contribution in [0.15, 0.2) is 66.7 Å². The van der Waals surface area contributed by atoms with Gasteiger partial charge in [0.2, 0.25) is 0 Å². The molecule has 1 aliphatic rings. The molecule has 0 bridgehead atoms. The Bertz CT molecular complexity index is 1430. The second-order valence-electron chi connectivity index (χ2n) is 9.54. The maximum atomic E-state index is 13.7. The summed E-state index contributed by atoms with van der Waals surface area (Å²) < 4.78 is 10.8. The number of nitrogens with one attached hydrogen (secondary N) is 1. The summed E-state index contributed by atoms with van der Waals surface area (Å²) in [6.07, 6.45) is 0.635. The molecule has 0 spiro atoms. The molecule has 0 saturated heterocycles. The van der Waals surface area contributed by atoms with Gasteiger partial charge in [0.1, 0.15) is 17.1 Å². The van der Waals surface area contributed by atoms with Crippen LogP contribution in [0.2, 0.25) is 0 Å². The van der Waals surface area contributed by atoms with Gasteiger partial charge in [0, 0.05) is 17.7 Å². The average Bonchev–Trinajstić information content (AvgIpc) is 3.46. The number of methoxy groups -OCH3 is 2. The van der Waals surface area contributed by atoms with Gasteiger partial charge in [-0.3, -0.25) is 9.89 Å². The summed E-state index contributed by atoms with van der Waals surface area (Å²) in [6.45, 7) is 4.82. The van der Waals surface area contributed by atoms with Crippen molar-refractivity contribution in [3.63, 3.8) is 0 Å². The van der Waals surface area contributed by atoms with E-state index < -0.39 is 0 Å². The highest BCUT2D eigenvalue weighted by molar-refractivity contribution is 6.00. The van der Waals surface area contributed by atoms with Crippen molar-refractivity contribution in [1.82, 2.24) is 15.1 Å². The lowest BCUT2D eigenvalue weighted by atomic mass is 9.93. The molecule has 2 N–H and O–H groups in total. The zero-order valence-electron chi connectivity index (χ0n) is 21.5. The summed E-state index contributed by atoms with van der Waals surface area (Å²) in [4.78, 5) is 15.6. The number of H-pyrrole nitrogens is 1. The average molecular weight is 498 g/mol. The summed E-state index contributed by atoms with van der Waals surface area (Å²) in [5, 5.41) is 18.0. The summed E-state index contributed by atoms with van der Waals surface area (Å²) in [5.41, 5.74) is 5.71. The number of hydrogen-bond donors (Lipinski definition) is 2. The maximum Gasteiger partial charge on any atom is 0.273 e. The first-order chi connectivity index (χ1) is 17.9. The Labute approximate surface area is 216 Å². The van der Waals surface area contributed by atoms with Gasteiger partial charge in [0.25, 0.3) is 5.91 Å². The number of aromatic nitrogens is 2. The van der Waals surface area contributed by atoms with Crippen LogP contribution in [0.1, 0.15) is 58.5 Å². The van der Waals surface area contributed by atoms with E-state index in [0.29, 0.717) is 47.3 Å². The number of para-hydroxylation sites is 1. The van der Waals surface area contributed by atoms with Crippen molar-refractivity contribution in [2.75, 3.05) is 20.8 Å². The van der Waals surface area contributed by atoms with Crippen molar-refractivity contribution in [3.8, 4) is 28.5 Å². The van der Waals surface area contributed by atoms with Crippen LogP contribution in [0.4, 0.5) is 0 Å². The van der Waals surface area contributed by atoms with Gasteiger partial charge in [-0.15, -0.1) is 0 Å². The third-order valence-corrected chi connectivity index (χ3v) is 7.03. The first-order valence-corrected chi connectivity index (χ1v) is 12.4. The van der Waals surface area contributed by atoms with Crippen LogP contribution in [0, 0.1) is 0 Å². The number of aromatic hydroxyl groups is 1. The molecule has 1 aromatic heterocycles. The van der Waals surface area contributed by atoms with Gasteiger partial charge in [-0.25, -0.2) is 0 Å². The van der Waals surface area contributed by atoms with Crippen LogP contribution >= 0.6 is 0 Å². The number of hydrogen-bond acceptors (Lipinski definition) is 5. The third-order valence-electron chi connectivity index (χ3n) is 7.03. The lowest BCUT2D eigenvalue weighted by Crippen LogP contribution is -2.31. The molecule has 1 atom stereocenters. The number of aromatic amines is 1. The van der Waals surface area contributed by atoms with Gasteiger partial charge in [-0.05, 0) is 53.3 Å². The molecular weight excluding hydrogens is 466 g/mol. The van der Waals surface area contributed by atoms with Gasteiger partial charge in [-0.1, -0.05) is 56.3 Å². The summed E-state index contributed by atoms with van der Waals surface area (Å²) in [5.74, 6) is 1.75. The Kier molecular flexibility index (Phi) is 6.61. The van der Waals surface area contributed by atoms with Crippen molar-refractivity contribution in [3.05, 3.63) is 94.7 Å². The lowest BCUT2D eigenvalue weighted by Gasteiger charge is -2.27. The van der Waals surface area contributed by atoms with Gasteiger partial charge in [0.05, 0.1) is 20.3 Å². The number of phenolic OH excluding ortho intramolecular Hbond substituents is 1. The van der Waals surface area contributed by atoms with Crippen LogP contribution in [0.3, 0.4) is 0 Å². The van der Waals surface area contributed by atoms with E-state index in [4.69, 9.17) is 9.47 Å². The smallest absolute Gasteiger partial charge is 0.273 e. The van der Waals surface area contributed by atoms with Crippen LogP contribution in [0.25, 0.3) is 11.3 Å². The Morgan fingerprint density at radius 2 is 1.73 bits per heavy atom. The molecule has 1 unspecified atom stereocenters. The van der Waals surface area contributed by atoms with Crippen molar-refractivity contribution in [1.29, 1.82) is 0 Å². The van der Waals surface area contributed by atoms with Gasteiger partial charge < -0.3 is 19.5 Å². The Morgan fingerprint density at radius 3 is 2.41 bits per heavy atom. The molecule has 5 rings (SSSR count). The number of fused-ring (bicyclic) bond motifs is 1. The predicted molar refractivity (Wildman–Crippen MR) is 142 cm³/mol. The standard InChI is InChI=1S/C30H31N3O4/c1-18(2)20-10-12-21(13-11-20)29-26-27(22-7-5-6-8-23(22)34)31-32-28(26)30(35)33(29)16-15-19-9-14-24(36-3)25(17-19)37-4/h5-14,17-18,29,34H,15-16H2,1-4H3,(H,31,32).